The zero-order valence-electron chi connectivity index (χ0n) is 12.7. The molecule has 0 spiro atoms. The number of hydrogen-bond donors (Lipinski definition) is 0. The smallest absolute Gasteiger partial charge is 0.104 e. The highest BCUT2D eigenvalue weighted by Gasteiger charge is 2.26. The molecule has 1 saturated carbocycles. The Balaban J connectivity index is 2.13. The molecule has 22 heavy (non-hydrogen) atoms. The third-order valence-corrected chi connectivity index (χ3v) is 4.28. The van der Waals surface area contributed by atoms with E-state index in [0.717, 1.165) is 26.8 Å². The van der Waals surface area contributed by atoms with Crippen LogP contribution in [0.15, 0.2) is 42.5 Å². The molecular formula is C18H18FNOS. The number of rotatable bonds is 4. The van der Waals surface area contributed by atoms with Crippen molar-refractivity contribution in [3.05, 3.63) is 58.1 Å². The highest BCUT2D eigenvalue weighted by molar-refractivity contribution is 7.71. The van der Waals surface area contributed by atoms with Crippen LogP contribution >= 0.6 is 12.2 Å². The van der Waals surface area contributed by atoms with E-state index in [1.807, 2.05) is 36.7 Å². The summed E-state index contributed by atoms with van der Waals surface area (Å²) >= 11 is 5.67. The monoisotopic (exact) mass is 315 g/mol. The number of hydrogen-bond acceptors (Lipinski definition) is 2. The fourth-order valence-corrected chi connectivity index (χ4v) is 2.99. The summed E-state index contributed by atoms with van der Waals surface area (Å²) in [5.41, 5.74) is 3.92. The molecule has 1 aromatic carbocycles. The van der Waals surface area contributed by atoms with Crippen LogP contribution in [-0.2, 0) is 0 Å². The van der Waals surface area contributed by atoms with E-state index in [1.54, 1.807) is 11.8 Å². The average molecular weight is 315 g/mol. The molecule has 0 atom stereocenters. The number of allylic oxidation sites excluding steroid dienone is 1. The second-order valence-electron chi connectivity index (χ2n) is 5.63. The molecule has 0 bridgehead atoms. The third-order valence-electron chi connectivity index (χ3n) is 3.82. The third kappa shape index (κ3) is 3.12. The topological polar surface area (TPSA) is 14.2 Å². The van der Waals surface area contributed by atoms with Crippen LogP contribution in [0.3, 0.4) is 0 Å². The fourth-order valence-electron chi connectivity index (χ4n) is 2.60. The van der Waals surface area contributed by atoms with Gasteiger partial charge in [0.25, 0.3) is 0 Å². The Bertz CT molecular complexity index is 786. The number of nitrogens with zero attached hydrogens (tertiary/aromatic N) is 1. The van der Waals surface area contributed by atoms with E-state index >= 15 is 0 Å². The Labute approximate surface area is 134 Å². The molecule has 0 N–H and O–H groups in total. The number of pyridine rings is 1. The summed E-state index contributed by atoms with van der Waals surface area (Å²) < 4.78 is 15.7. The van der Waals surface area contributed by atoms with Crippen LogP contribution < -0.4 is 4.84 Å². The SMILES string of the molecule is COn1cc(-c2cccc(C=C(C)F)c2)c(=S)c(C2CC2)c1. The molecule has 0 unspecified atom stereocenters. The van der Waals surface area contributed by atoms with Gasteiger partial charge in [0.05, 0.1) is 16.5 Å². The lowest BCUT2D eigenvalue weighted by molar-refractivity contribution is 0.165. The van der Waals surface area contributed by atoms with Gasteiger partial charge in [0.1, 0.15) is 7.11 Å². The van der Waals surface area contributed by atoms with E-state index in [4.69, 9.17) is 17.1 Å². The Morgan fingerprint density at radius 1 is 1.36 bits per heavy atom. The van der Waals surface area contributed by atoms with E-state index < -0.39 is 0 Å². The van der Waals surface area contributed by atoms with Gasteiger partial charge in [0.15, 0.2) is 0 Å². The van der Waals surface area contributed by atoms with Gasteiger partial charge >= 0.3 is 0 Å². The van der Waals surface area contributed by atoms with Crippen molar-refractivity contribution in [3.63, 3.8) is 0 Å². The summed E-state index contributed by atoms with van der Waals surface area (Å²) in [6, 6.07) is 7.74. The molecule has 0 saturated heterocycles. The van der Waals surface area contributed by atoms with Gasteiger partial charge in [-0.05, 0) is 54.5 Å². The lowest BCUT2D eigenvalue weighted by Gasteiger charge is -2.12. The first-order chi connectivity index (χ1) is 10.6. The van der Waals surface area contributed by atoms with Crippen molar-refractivity contribution in [3.8, 4) is 11.1 Å². The lowest BCUT2D eigenvalue weighted by Crippen LogP contribution is -2.08. The minimum absolute atomic E-state index is 0.213. The van der Waals surface area contributed by atoms with Crippen LogP contribution in [0.5, 0.6) is 0 Å². The van der Waals surface area contributed by atoms with Crippen LogP contribution in [0.25, 0.3) is 17.2 Å². The summed E-state index contributed by atoms with van der Waals surface area (Å²) in [6.07, 6.45) is 7.74. The number of aromatic nitrogens is 1. The first kappa shape index (κ1) is 15.0. The maximum Gasteiger partial charge on any atom is 0.104 e. The normalized spacial score (nSPS) is 15.0. The predicted octanol–water partition coefficient (Wildman–Crippen LogP) is 5.15. The molecule has 4 heteroatoms. The molecule has 114 valence electrons. The second kappa shape index (κ2) is 6.05. The van der Waals surface area contributed by atoms with Gasteiger partial charge in [-0.1, -0.05) is 30.4 Å². The van der Waals surface area contributed by atoms with E-state index in [9.17, 15) is 4.39 Å². The molecule has 0 amide bonds. The van der Waals surface area contributed by atoms with Crippen molar-refractivity contribution in [2.75, 3.05) is 7.11 Å². The summed E-state index contributed by atoms with van der Waals surface area (Å²) in [5.74, 6) is 0.333. The van der Waals surface area contributed by atoms with Crippen LogP contribution in [-0.4, -0.2) is 11.8 Å². The van der Waals surface area contributed by atoms with E-state index in [1.165, 1.54) is 25.8 Å². The molecule has 3 rings (SSSR count). The molecule has 2 nitrogen and oxygen atoms in total. The van der Waals surface area contributed by atoms with Crippen LogP contribution in [0.4, 0.5) is 4.39 Å². The first-order valence-corrected chi connectivity index (χ1v) is 7.74. The molecule has 1 fully saturated rings. The van der Waals surface area contributed by atoms with Gasteiger partial charge in [0.2, 0.25) is 0 Å². The van der Waals surface area contributed by atoms with E-state index in [2.05, 4.69) is 0 Å². The zero-order valence-corrected chi connectivity index (χ0v) is 13.5. The van der Waals surface area contributed by atoms with E-state index in [-0.39, 0.29) is 5.83 Å². The van der Waals surface area contributed by atoms with Gasteiger partial charge in [0, 0.05) is 11.8 Å². The quantitative estimate of drug-likeness (QED) is 0.724. The number of benzene rings is 1. The van der Waals surface area contributed by atoms with Gasteiger partial charge in [-0.2, -0.15) is 4.73 Å². The van der Waals surface area contributed by atoms with Gasteiger partial charge in [-0.25, -0.2) is 4.39 Å². The van der Waals surface area contributed by atoms with Crippen molar-refractivity contribution in [1.82, 2.24) is 4.73 Å². The minimum Gasteiger partial charge on any atom is -0.418 e. The highest BCUT2D eigenvalue weighted by Crippen LogP contribution is 2.42. The van der Waals surface area contributed by atoms with Gasteiger partial charge in [-0.15, -0.1) is 0 Å². The fraction of sp³-hybridized carbons (Fsp3) is 0.278. The predicted molar refractivity (Wildman–Crippen MR) is 89.9 cm³/mol. The van der Waals surface area contributed by atoms with Crippen molar-refractivity contribution < 1.29 is 9.23 Å². The average Bonchev–Trinajstić information content (AvgIpc) is 3.32. The summed E-state index contributed by atoms with van der Waals surface area (Å²) in [7, 11) is 1.63. The minimum atomic E-state index is -0.213. The largest absolute Gasteiger partial charge is 0.418 e. The highest BCUT2D eigenvalue weighted by atomic mass is 32.1. The van der Waals surface area contributed by atoms with Crippen molar-refractivity contribution in [2.24, 2.45) is 0 Å². The van der Waals surface area contributed by atoms with Crippen molar-refractivity contribution in [1.29, 1.82) is 0 Å². The zero-order chi connectivity index (χ0) is 15.7. The van der Waals surface area contributed by atoms with Gasteiger partial charge < -0.3 is 4.84 Å². The second-order valence-corrected chi connectivity index (χ2v) is 6.04. The molecular weight excluding hydrogens is 297 g/mol. The molecule has 1 heterocycles. The molecule has 1 aliphatic rings. The summed E-state index contributed by atoms with van der Waals surface area (Å²) in [5, 5.41) is 0. The standard InChI is InChI=1S/C18H18FNOS/c1-12(19)8-13-4-3-5-15(9-13)17-11-20(21-2)10-16(18(17)22)14-6-7-14/h3-5,8-11,14H,6-7H2,1-2H3. The van der Waals surface area contributed by atoms with E-state index in [0.29, 0.717) is 5.92 Å². The number of halogens is 1. The lowest BCUT2D eigenvalue weighted by atomic mass is 10.0. The molecule has 2 aromatic rings. The molecule has 0 radical (unpaired) electrons. The van der Waals surface area contributed by atoms with Crippen LogP contribution in [0, 0.1) is 4.51 Å². The Hall–Kier alpha value is -1.94. The van der Waals surface area contributed by atoms with Crippen molar-refractivity contribution in [2.45, 2.75) is 25.7 Å². The Morgan fingerprint density at radius 2 is 2.14 bits per heavy atom. The Kier molecular flexibility index (Phi) is 4.12. The van der Waals surface area contributed by atoms with Crippen LogP contribution in [0.1, 0.15) is 36.8 Å². The Morgan fingerprint density at radius 3 is 2.77 bits per heavy atom. The maximum atomic E-state index is 13.1. The first-order valence-electron chi connectivity index (χ1n) is 7.33. The van der Waals surface area contributed by atoms with Gasteiger partial charge in [-0.3, -0.25) is 0 Å². The van der Waals surface area contributed by atoms with Crippen LogP contribution in [0.2, 0.25) is 0 Å². The molecule has 1 aliphatic carbocycles. The van der Waals surface area contributed by atoms with Crippen molar-refractivity contribution >= 4 is 18.3 Å². The molecule has 0 aliphatic heterocycles. The summed E-state index contributed by atoms with van der Waals surface area (Å²) in [4.78, 5) is 5.34. The summed E-state index contributed by atoms with van der Waals surface area (Å²) in [6.45, 7) is 1.44. The maximum absolute atomic E-state index is 13.1. The molecule has 1 aromatic heterocycles.